The van der Waals surface area contributed by atoms with Gasteiger partial charge in [-0.2, -0.15) is 8.42 Å². The second-order valence-electron chi connectivity index (χ2n) is 2.74. The molecule has 0 aromatic carbocycles. The number of hydrogen-bond donors (Lipinski definition) is 1. The van der Waals surface area contributed by atoms with E-state index < -0.39 is 10.1 Å². The molecule has 1 aliphatic rings. The molecule has 0 fully saturated rings. The highest BCUT2D eigenvalue weighted by atomic mass is 32.2. The van der Waals surface area contributed by atoms with Crippen LogP contribution < -0.4 is 0 Å². The van der Waals surface area contributed by atoms with Crippen molar-refractivity contribution in [3.63, 3.8) is 0 Å². The van der Waals surface area contributed by atoms with E-state index in [1.807, 2.05) is 6.92 Å². The lowest BCUT2D eigenvalue weighted by molar-refractivity contribution is 0.490. The van der Waals surface area contributed by atoms with Gasteiger partial charge in [0.25, 0.3) is 10.1 Å². The van der Waals surface area contributed by atoms with Crippen LogP contribution in [0.15, 0.2) is 34.8 Å². The Bertz CT molecular complexity index is 371. The summed E-state index contributed by atoms with van der Waals surface area (Å²) in [5.74, 6) is 0. The Kier molecular flexibility index (Phi) is 2.21. The smallest absolute Gasteiger partial charge is 0.282 e. The van der Waals surface area contributed by atoms with Gasteiger partial charge in [-0.25, -0.2) is 0 Å². The van der Waals surface area contributed by atoms with Gasteiger partial charge < -0.3 is 0 Å². The van der Waals surface area contributed by atoms with Crippen molar-refractivity contribution in [2.75, 3.05) is 0 Å². The van der Waals surface area contributed by atoms with E-state index in [0.717, 1.165) is 11.1 Å². The van der Waals surface area contributed by atoms with Crippen molar-refractivity contribution in [1.82, 2.24) is 0 Å². The summed E-state index contributed by atoms with van der Waals surface area (Å²) < 4.78 is 30.0. The molecule has 0 saturated carbocycles. The first kappa shape index (κ1) is 9.22. The minimum atomic E-state index is -4.03. The molecule has 0 aromatic heterocycles. The Morgan fingerprint density at radius 1 is 1.50 bits per heavy atom. The highest BCUT2D eigenvalue weighted by molar-refractivity contribution is 7.89. The number of allylic oxidation sites excluding steroid dienone is 5. The summed E-state index contributed by atoms with van der Waals surface area (Å²) in [4.78, 5) is 0.0121. The summed E-state index contributed by atoms with van der Waals surface area (Å²) in [7, 11) is -4.03. The summed E-state index contributed by atoms with van der Waals surface area (Å²) in [6.07, 6.45) is 3.25. The molecule has 1 N–H and O–H groups in total. The van der Waals surface area contributed by atoms with Crippen LogP contribution in [0.4, 0.5) is 0 Å². The SMILES string of the molecule is C=C1CC(S(=O)(=O)O)=CC=C1C. The number of hydrogen-bond acceptors (Lipinski definition) is 2. The summed E-state index contributed by atoms with van der Waals surface area (Å²) >= 11 is 0. The lowest BCUT2D eigenvalue weighted by Crippen LogP contribution is -2.05. The topological polar surface area (TPSA) is 54.4 Å². The Balaban J connectivity index is 3.08. The van der Waals surface area contributed by atoms with Crippen LogP contribution in [-0.2, 0) is 10.1 Å². The maximum absolute atomic E-state index is 10.7. The van der Waals surface area contributed by atoms with Crippen LogP contribution in [0, 0.1) is 0 Å². The van der Waals surface area contributed by atoms with Crippen molar-refractivity contribution in [1.29, 1.82) is 0 Å². The molecule has 12 heavy (non-hydrogen) atoms. The van der Waals surface area contributed by atoms with Gasteiger partial charge in [-0.3, -0.25) is 4.55 Å². The first-order valence-corrected chi connectivity index (χ1v) is 4.88. The summed E-state index contributed by atoms with van der Waals surface area (Å²) in [6.45, 7) is 5.52. The van der Waals surface area contributed by atoms with Crippen molar-refractivity contribution in [3.8, 4) is 0 Å². The van der Waals surface area contributed by atoms with Gasteiger partial charge >= 0.3 is 0 Å². The molecular formula is C8H10O3S. The van der Waals surface area contributed by atoms with Crippen molar-refractivity contribution in [2.45, 2.75) is 13.3 Å². The first-order chi connectivity index (χ1) is 5.41. The predicted octanol–water partition coefficient (Wildman–Crippen LogP) is 1.66. The van der Waals surface area contributed by atoms with E-state index in [0.29, 0.717) is 0 Å². The zero-order valence-electron chi connectivity index (χ0n) is 6.74. The van der Waals surface area contributed by atoms with Crippen LogP contribution in [0.25, 0.3) is 0 Å². The maximum Gasteiger partial charge on any atom is 0.290 e. The van der Waals surface area contributed by atoms with Crippen LogP contribution in [0.2, 0.25) is 0 Å². The van der Waals surface area contributed by atoms with E-state index in [-0.39, 0.29) is 11.3 Å². The fraction of sp³-hybridized carbons (Fsp3) is 0.250. The van der Waals surface area contributed by atoms with Crippen LogP contribution >= 0.6 is 0 Å². The fourth-order valence-electron chi connectivity index (χ4n) is 0.922. The lowest BCUT2D eigenvalue weighted by Gasteiger charge is -2.11. The third-order valence-electron chi connectivity index (χ3n) is 1.80. The van der Waals surface area contributed by atoms with Gasteiger partial charge in [0, 0.05) is 6.42 Å². The van der Waals surface area contributed by atoms with Gasteiger partial charge in [-0.1, -0.05) is 12.7 Å². The van der Waals surface area contributed by atoms with Crippen LogP contribution in [-0.4, -0.2) is 13.0 Å². The second-order valence-corrected chi connectivity index (χ2v) is 4.21. The van der Waals surface area contributed by atoms with Crippen molar-refractivity contribution in [3.05, 3.63) is 34.8 Å². The quantitative estimate of drug-likeness (QED) is 0.634. The van der Waals surface area contributed by atoms with Crippen molar-refractivity contribution >= 4 is 10.1 Å². The molecule has 0 saturated heterocycles. The van der Waals surface area contributed by atoms with E-state index in [1.54, 1.807) is 6.08 Å². The zero-order valence-corrected chi connectivity index (χ0v) is 7.56. The Morgan fingerprint density at radius 3 is 2.50 bits per heavy atom. The summed E-state index contributed by atoms with van der Waals surface area (Å²) in [5, 5.41) is 0. The third kappa shape index (κ3) is 1.84. The zero-order chi connectivity index (χ0) is 9.35. The van der Waals surface area contributed by atoms with Gasteiger partial charge in [0.15, 0.2) is 0 Å². The second kappa shape index (κ2) is 2.88. The van der Waals surface area contributed by atoms with Crippen molar-refractivity contribution < 1.29 is 13.0 Å². The van der Waals surface area contributed by atoms with E-state index in [1.165, 1.54) is 6.08 Å². The highest BCUT2D eigenvalue weighted by Crippen LogP contribution is 2.25. The molecule has 0 spiro atoms. The third-order valence-corrected chi connectivity index (χ3v) is 2.74. The van der Waals surface area contributed by atoms with Crippen LogP contribution in [0.1, 0.15) is 13.3 Å². The average molecular weight is 186 g/mol. The molecule has 1 rings (SSSR count). The Hall–Kier alpha value is -0.870. The minimum absolute atomic E-state index is 0.0121. The lowest BCUT2D eigenvalue weighted by atomic mass is 10.0. The molecule has 0 amide bonds. The molecule has 0 atom stereocenters. The largest absolute Gasteiger partial charge is 0.290 e. The van der Waals surface area contributed by atoms with Gasteiger partial charge in [-0.05, 0) is 24.1 Å². The fourth-order valence-corrected chi connectivity index (χ4v) is 1.52. The van der Waals surface area contributed by atoms with Gasteiger partial charge in [-0.15, -0.1) is 0 Å². The number of rotatable bonds is 1. The van der Waals surface area contributed by atoms with E-state index in [4.69, 9.17) is 4.55 Å². The normalized spacial score (nSPS) is 18.7. The summed E-state index contributed by atoms with van der Waals surface area (Å²) in [6, 6.07) is 0. The predicted molar refractivity (Wildman–Crippen MR) is 47.1 cm³/mol. The van der Waals surface area contributed by atoms with E-state index in [9.17, 15) is 8.42 Å². The molecule has 0 aliphatic heterocycles. The molecule has 0 unspecified atom stereocenters. The molecule has 0 radical (unpaired) electrons. The van der Waals surface area contributed by atoms with Crippen LogP contribution in [0.3, 0.4) is 0 Å². The van der Waals surface area contributed by atoms with Crippen LogP contribution in [0.5, 0.6) is 0 Å². The van der Waals surface area contributed by atoms with Gasteiger partial charge in [0.05, 0.1) is 4.91 Å². The molecule has 1 aliphatic carbocycles. The van der Waals surface area contributed by atoms with E-state index >= 15 is 0 Å². The Labute approximate surface area is 71.8 Å². The Morgan fingerprint density at radius 2 is 2.08 bits per heavy atom. The molecule has 0 aromatic rings. The monoisotopic (exact) mass is 186 g/mol. The maximum atomic E-state index is 10.7. The molecule has 66 valence electrons. The van der Waals surface area contributed by atoms with E-state index in [2.05, 4.69) is 6.58 Å². The average Bonchev–Trinajstić information content (AvgIpc) is 1.92. The standard InChI is InChI=1S/C8H10O3S/c1-6-3-4-8(5-7(6)2)12(9,10)11/h3-4H,2,5H2,1H3,(H,9,10,11). The first-order valence-electron chi connectivity index (χ1n) is 3.44. The molecular weight excluding hydrogens is 176 g/mol. The minimum Gasteiger partial charge on any atom is -0.282 e. The molecule has 4 heteroatoms. The van der Waals surface area contributed by atoms with Gasteiger partial charge in [0.1, 0.15) is 0 Å². The van der Waals surface area contributed by atoms with Crippen molar-refractivity contribution in [2.24, 2.45) is 0 Å². The molecule has 0 heterocycles. The summed E-state index contributed by atoms with van der Waals surface area (Å²) in [5.41, 5.74) is 1.67. The molecule has 0 bridgehead atoms. The highest BCUT2D eigenvalue weighted by Gasteiger charge is 2.17. The van der Waals surface area contributed by atoms with Gasteiger partial charge in [0.2, 0.25) is 0 Å². The molecule has 3 nitrogen and oxygen atoms in total.